The zero-order valence-corrected chi connectivity index (χ0v) is 12.4. The molecule has 0 fully saturated rings. The van der Waals surface area contributed by atoms with Gasteiger partial charge in [0.2, 0.25) is 0 Å². The third-order valence-corrected chi connectivity index (χ3v) is 3.72. The van der Waals surface area contributed by atoms with Gasteiger partial charge in [-0.25, -0.2) is 0 Å². The zero-order chi connectivity index (χ0) is 14.2. The number of rotatable bonds is 0. The summed E-state index contributed by atoms with van der Waals surface area (Å²) in [5, 5.41) is 0. The summed E-state index contributed by atoms with van der Waals surface area (Å²) in [6.07, 6.45) is 8.76. The van der Waals surface area contributed by atoms with Crippen LogP contribution in [0.15, 0.2) is 42.5 Å². The van der Waals surface area contributed by atoms with E-state index in [1.54, 1.807) is 0 Å². The van der Waals surface area contributed by atoms with Crippen LogP contribution in [-0.2, 0) is 5.41 Å². The molecule has 4 bridgehead atoms. The second-order valence-corrected chi connectivity index (χ2v) is 6.47. The fraction of sp³-hybridized carbons (Fsp3) is 0.200. The predicted molar refractivity (Wildman–Crippen MR) is 89.4 cm³/mol. The molecule has 2 aromatic carbocycles. The summed E-state index contributed by atoms with van der Waals surface area (Å²) in [6.45, 7) is 6.78. The van der Waals surface area contributed by atoms with E-state index < -0.39 is 0 Å². The highest BCUT2D eigenvalue weighted by Gasteiger charge is 2.14. The van der Waals surface area contributed by atoms with Crippen LogP contribution in [0.25, 0.3) is 24.3 Å². The molecule has 0 heteroatoms. The van der Waals surface area contributed by atoms with Gasteiger partial charge in [-0.3, -0.25) is 0 Å². The monoisotopic (exact) mass is 260 g/mol. The molecule has 0 aromatic heterocycles. The fourth-order valence-electron chi connectivity index (χ4n) is 2.41. The SMILES string of the molecule is CC(C)(C)c1cc2cc(c1)/C=C\c1ccc(cc1)/C=C\2. The quantitative estimate of drug-likeness (QED) is 0.491. The van der Waals surface area contributed by atoms with Crippen LogP contribution in [0.4, 0.5) is 0 Å². The van der Waals surface area contributed by atoms with Gasteiger partial charge >= 0.3 is 0 Å². The minimum atomic E-state index is 0.169. The van der Waals surface area contributed by atoms with E-state index in [1.165, 1.54) is 27.8 Å². The lowest BCUT2D eigenvalue weighted by Crippen LogP contribution is -2.11. The molecule has 0 radical (unpaired) electrons. The third-order valence-electron chi connectivity index (χ3n) is 3.72. The van der Waals surface area contributed by atoms with Crippen LogP contribution in [0, 0.1) is 0 Å². The Morgan fingerprint density at radius 3 is 1.35 bits per heavy atom. The predicted octanol–water partition coefficient (Wildman–Crippen LogP) is 5.64. The highest BCUT2D eigenvalue weighted by molar-refractivity contribution is 5.77. The van der Waals surface area contributed by atoms with Crippen LogP contribution in [0.1, 0.15) is 48.6 Å². The molecule has 2 aromatic rings. The fourth-order valence-corrected chi connectivity index (χ4v) is 2.41. The van der Waals surface area contributed by atoms with Crippen molar-refractivity contribution in [1.29, 1.82) is 0 Å². The van der Waals surface area contributed by atoms with Gasteiger partial charge in [-0.1, -0.05) is 81.5 Å². The first kappa shape index (κ1) is 12.9. The van der Waals surface area contributed by atoms with Gasteiger partial charge in [-0.2, -0.15) is 0 Å². The Labute approximate surface area is 121 Å². The summed E-state index contributed by atoms with van der Waals surface area (Å²) in [7, 11) is 0. The lowest BCUT2D eigenvalue weighted by atomic mass is 9.85. The molecular weight excluding hydrogens is 240 g/mol. The molecule has 0 spiro atoms. The molecule has 0 nitrogen and oxygen atoms in total. The van der Waals surface area contributed by atoms with Crippen LogP contribution in [0.2, 0.25) is 0 Å². The van der Waals surface area contributed by atoms with Gasteiger partial charge in [-0.05, 0) is 39.3 Å². The number of hydrogen-bond acceptors (Lipinski definition) is 0. The first-order chi connectivity index (χ1) is 9.50. The van der Waals surface area contributed by atoms with E-state index in [0.29, 0.717) is 0 Å². The summed E-state index contributed by atoms with van der Waals surface area (Å²) in [5.41, 5.74) is 6.56. The smallest absolute Gasteiger partial charge is 0.0131 e. The Kier molecular flexibility index (Phi) is 3.10. The molecule has 2 aliphatic carbocycles. The highest BCUT2D eigenvalue weighted by Crippen LogP contribution is 2.27. The van der Waals surface area contributed by atoms with E-state index in [9.17, 15) is 0 Å². The standard InChI is InChI=1S/C20H20/c1-20(2,3)19-13-17-10-8-15-4-5-16(7-6-15)9-11-18(12-17)14-19/h4-14H,1-3H3/b10-8-,11-9-. The lowest BCUT2D eigenvalue weighted by Gasteiger charge is -2.20. The van der Waals surface area contributed by atoms with Crippen molar-refractivity contribution >= 4 is 24.3 Å². The van der Waals surface area contributed by atoms with Crippen molar-refractivity contribution in [3.05, 3.63) is 70.3 Å². The Balaban J connectivity index is 2.18. The second-order valence-electron chi connectivity index (χ2n) is 6.47. The molecule has 0 unspecified atom stereocenters. The lowest BCUT2D eigenvalue weighted by molar-refractivity contribution is 0.590. The Bertz CT molecular complexity index is 626. The van der Waals surface area contributed by atoms with Gasteiger partial charge < -0.3 is 0 Å². The number of fused-ring (bicyclic) bond motifs is 2. The first-order valence-corrected chi connectivity index (χ1v) is 7.12. The molecule has 2 aliphatic rings. The molecule has 0 aliphatic heterocycles. The zero-order valence-electron chi connectivity index (χ0n) is 12.4. The van der Waals surface area contributed by atoms with E-state index in [2.05, 4.69) is 87.5 Å². The average Bonchev–Trinajstić information content (AvgIpc) is 2.46. The van der Waals surface area contributed by atoms with Crippen molar-refractivity contribution in [2.45, 2.75) is 26.2 Å². The van der Waals surface area contributed by atoms with Crippen LogP contribution in [0.5, 0.6) is 0 Å². The third kappa shape index (κ3) is 2.75. The molecule has 4 rings (SSSR count). The van der Waals surface area contributed by atoms with Crippen molar-refractivity contribution in [2.75, 3.05) is 0 Å². The molecule has 0 N–H and O–H groups in total. The Morgan fingerprint density at radius 2 is 0.950 bits per heavy atom. The largest absolute Gasteiger partial charge is 0.0561 e. The van der Waals surface area contributed by atoms with Gasteiger partial charge in [0.25, 0.3) is 0 Å². The van der Waals surface area contributed by atoms with Crippen molar-refractivity contribution in [2.24, 2.45) is 0 Å². The van der Waals surface area contributed by atoms with Crippen LogP contribution in [0.3, 0.4) is 0 Å². The molecule has 0 amide bonds. The molecule has 0 saturated heterocycles. The normalized spacial score (nSPS) is 16.6. The van der Waals surface area contributed by atoms with Gasteiger partial charge in [-0.15, -0.1) is 0 Å². The molecule has 100 valence electrons. The van der Waals surface area contributed by atoms with Gasteiger partial charge in [0.15, 0.2) is 0 Å². The molecule has 0 saturated carbocycles. The molecule has 0 heterocycles. The second kappa shape index (κ2) is 4.79. The van der Waals surface area contributed by atoms with Crippen LogP contribution >= 0.6 is 0 Å². The van der Waals surface area contributed by atoms with Crippen molar-refractivity contribution in [3.63, 3.8) is 0 Å². The maximum absolute atomic E-state index is 2.29. The molecule has 20 heavy (non-hydrogen) atoms. The highest BCUT2D eigenvalue weighted by atomic mass is 14.2. The van der Waals surface area contributed by atoms with Crippen LogP contribution in [-0.4, -0.2) is 0 Å². The summed E-state index contributed by atoms with van der Waals surface area (Å²) < 4.78 is 0. The first-order valence-electron chi connectivity index (χ1n) is 7.12. The van der Waals surface area contributed by atoms with Gasteiger partial charge in [0.05, 0.1) is 0 Å². The summed E-state index contributed by atoms with van der Waals surface area (Å²) in [6, 6.07) is 15.5. The van der Waals surface area contributed by atoms with E-state index in [-0.39, 0.29) is 5.41 Å². The Morgan fingerprint density at radius 1 is 0.550 bits per heavy atom. The maximum atomic E-state index is 2.29. The van der Waals surface area contributed by atoms with E-state index >= 15 is 0 Å². The van der Waals surface area contributed by atoms with E-state index in [0.717, 1.165) is 0 Å². The minimum Gasteiger partial charge on any atom is -0.0561 e. The summed E-state index contributed by atoms with van der Waals surface area (Å²) >= 11 is 0. The summed E-state index contributed by atoms with van der Waals surface area (Å²) in [4.78, 5) is 0. The topological polar surface area (TPSA) is 0 Å². The van der Waals surface area contributed by atoms with Crippen LogP contribution < -0.4 is 0 Å². The van der Waals surface area contributed by atoms with Crippen molar-refractivity contribution < 1.29 is 0 Å². The Hall–Kier alpha value is -2.08. The van der Waals surface area contributed by atoms with E-state index in [1.807, 2.05) is 0 Å². The molecule has 0 atom stereocenters. The maximum Gasteiger partial charge on any atom is -0.0131 e. The average molecular weight is 260 g/mol. The minimum absolute atomic E-state index is 0.169. The van der Waals surface area contributed by atoms with Gasteiger partial charge in [0.1, 0.15) is 0 Å². The number of benzene rings is 2. The van der Waals surface area contributed by atoms with E-state index in [4.69, 9.17) is 0 Å². The van der Waals surface area contributed by atoms with Gasteiger partial charge in [0, 0.05) is 0 Å². The summed E-state index contributed by atoms with van der Waals surface area (Å²) in [5.74, 6) is 0. The van der Waals surface area contributed by atoms with Crippen molar-refractivity contribution in [3.8, 4) is 0 Å². The number of hydrogen-bond donors (Lipinski definition) is 0. The molecular formula is C20H20. The van der Waals surface area contributed by atoms with Crippen molar-refractivity contribution in [1.82, 2.24) is 0 Å².